The number of hydrogen-bond donors (Lipinski definition) is 3. The fraction of sp³-hybridized carbons (Fsp3) is 0.667. The third kappa shape index (κ3) is 2.09. The fourth-order valence-electron chi connectivity index (χ4n) is 1.05. The van der Waals surface area contributed by atoms with Crippen molar-refractivity contribution < 1.29 is 14.3 Å². The molecule has 0 aliphatic carbocycles. The molecule has 1 aliphatic heterocycles. The van der Waals surface area contributed by atoms with Crippen LogP contribution in [0.4, 0.5) is 4.79 Å². The standard InChI is InChI=1S/C6H11N3O3/c7-3-2-9-5(10)1-4(3)12-6(8)11/h3-4H,1-2,7H2,(H2,8,11)(H,9,10)/t3-,4+/m0/s1. The Labute approximate surface area is 69.2 Å². The van der Waals surface area contributed by atoms with Gasteiger partial charge < -0.3 is 21.5 Å². The first-order chi connectivity index (χ1) is 5.59. The van der Waals surface area contributed by atoms with Crippen LogP contribution >= 0.6 is 0 Å². The van der Waals surface area contributed by atoms with E-state index in [2.05, 4.69) is 10.1 Å². The van der Waals surface area contributed by atoms with Crippen LogP contribution in [0.1, 0.15) is 6.42 Å². The third-order valence-corrected chi connectivity index (χ3v) is 1.67. The summed E-state index contributed by atoms with van der Waals surface area (Å²) in [6.45, 7) is 0.316. The second-order valence-electron chi connectivity index (χ2n) is 2.65. The molecule has 0 aromatic rings. The molecule has 0 spiro atoms. The number of hydrogen-bond acceptors (Lipinski definition) is 4. The lowest BCUT2D eigenvalue weighted by atomic mass is 10.0. The number of nitrogens with one attached hydrogen (secondary N) is 1. The van der Waals surface area contributed by atoms with E-state index in [1.807, 2.05) is 0 Å². The molecule has 0 bridgehead atoms. The van der Waals surface area contributed by atoms with Crippen molar-refractivity contribution in [3.05, 3.63) is 0 Å². The third-order valence-electron chi connectivity index (χ3n) is 1.67. The summed E-state index contributed by atoms with van der Waals surface area (Å²) < 4.78 is 4.63. The Bertz CT molecular complexity index is 204. The van der Waals surface area contributed by atoms with Gasteiger partial charge in [-0.25, -0.2) is 4.79 Å². The number of nitrogens with two attached hydrogens (primary N) is 2. The Morgan fingerprint density at radius 3 is 2.92 bits per heavy atom. The number of carbonyl (C=O) groups excluding carboxylic acids is 2. The minimum absolute atomic E-state index is 0.0874. The van der Waals surface area contributed by atoms with Crippen LogP contribution in [0.25, 0.3) is 0 Å². The van der Waals surface area contributed by atoms with Gasteiger partial charge in [-0.15, -0.1) is 0 Å². The first-order valence-corrected chi connectivity index (χ1v) is 3.58. The molecule has 1 rings (SSSR count). The van der Waals surface area contributed by atoms with Crippen LogP contribution < -0.4 is 16.8 Å². The Balaban J connectivity index is 2.49. The molecular weight excluding hydrogens is 162 g/mol. The zero-order valence-corrected chi connectivity index (χ0v) is 6.45. The maximum Gasteiger partial charge on any atom is 0.404 e. The number of rotatable bonds is 1. The van der Waals surface area contributed by atoms with E-state index in [1.54, 1.807) is 0 Å². The summed E-state index contributed by atoms with van der Waals surface area (Å²) in [6, 6.07) is -0.366. The molecule has 1 saturated heterocycles. The Kier molecular flexibility index (Phi) is 2.49. The Morgan fingerprint density at radius 1 is 1.67 bits per heavy atom. The maximum atomic E-state index is 10.8. The van der Waals surface area contributed by atoms with Gasteiger partial charge in [0.25, 0.3) is 0 Å². The van der Waals surface area contributed by atoms with Crippen LogP contribution in [0.15, 0.2) is 0 Å². The van der Waals surface area contributed by atoms with Crippen LogP contribution in [-0.2, 0) is 9.53 Å². The summed E-state index contributed by atoms with van der Waals surface area (Å²) in [5.41, 5.74) is 10.3. The van der Waals surface area contributed by atoms with Crippen molar-refractivity contribution in [3.8, 4) is 0 Å². The summed E-state index contributed by atoms with van der Waals surface area (Å²) in [6.07, 6.45) is -1.40. The minimum atomic E-state index is -0.898. The predicted molar refractivity (Wildman–Crippen MR) is 40.1 cm³/mol. The number of piperidine rings is 1. The van der Waals surface area contributed by atoms with E-state index in [0.29, 0.717) is 6.54 Å². The average molecular weight is 173 g/mol. The molecule has 0 unspecified atom stereocenters. The summed E-state index contributed by atoms with van der Waals surface area (Å²) in [7, 11) is 0. The minimum Gasteiger partial charge on any atom is -0.444 e. The van der Waals surface area contributed by atoms with E-state index in [1.165, 1.54) is 0 Å². The van der Waals surface area contributed by atoms with E-state index in [4.69, 9.17) is 11.5 Å². The molecule has 0 aromatic heterocycles. The van der Waals surface area contributed by atoms with Gasteiger partial charge in [-0.1, -0.05) is 0 Å². The van der Waals surface area contributed by atoms with E-state index in [-0.39, 0.29) is 18.4 Å². The lowest BCUT2D eigenvalue weighted by Gasteiger charge is -2.27. The van der Waals surface area contributed by atoms with Gasteiger partial charge in [0, 0.05) is 6.54 Å². The van der Waals surface area contributed by atoms with E-state index in [0.717, 1.165) is 0 Å². The summed E-state index contributed by atoms with van der Waals surface area (Å²) in [4.78, 5) is 21.1. The van der Waals surface area contributed by atoms with Gasteiger partial charge in [-0.3, -0.25) is 4.79 Å². The monoisotopic (exact) mass is 173 g/mol. The van der Waals surface area contributed by atoms with Crippen LogP contribution in [0.5, 0.6) is 0 Å². The van der Waals surface area contributed by atoms with Crippen molar-refractivity contribution in [2.45, 2.75) is 18.6 Å². The molecule has 0 aromatic carbocycles. The smallest absolute Gasteiger partial charge is 0.404 e. The first kappa shape index (κ1) is 8.79. The van der Waals surface area contributed by atoms with Gasteiger partial charge >= 0.3 is 6.09 Å². The average Bonchev–Trinajstić information content (AvgIpc) is 1.96. The number of carbonyl (C=O) groups is 2. The van der Waals surface area contributed by atoms with Crippen molar-refractivity contribution in [1.82, 2.24) is 5.32 Å². The highest BCUT2D eigenvalue weighted by atomic mass is 16.6. The summed E-state index contributed by atoms with van der Waals surface area (Å²) >= 11 is 0. The second-order valence-corrected chi connectivity index (χ2v) is 2.65. The summed E-state index contributed by atoms with van der Waals surface area (Å²) in [5.74, 6) is -0.178. The topological polar surface area (TPSA) is 107 Å². The summed E-state index contributed by atoms with van der Waals surface area (Å²) in [5, 5.41) is 2.54. The molecule has 1 fully saturated rings. The van der Waals surface area contributed by atoms with Gasteiger partial charge in [-0.05, 0) is 0 Å². The molecular formula is C6H11N3O3. The van der Waals surface area contributed by atoms with Gasteiger partial charge in [0.2, 0.25) is 5.91 Å². The number of primary amides is 1. The second kappa shape index (κ2) is 3.40. The highest BCUT2D eigenvalue weighted by Gasteiger charge is 2.28. The molecule has 6 heteroatoms. The molecule has 0 radical (unpaired) electrons. The van der Waals surface area contributed by atoms with E-state index >= 15 is 0 Å². The molecule has 2 atom stereocenters. The van der Waals surface area contributed by atoms with Crippen LogP contribution in [-0.4, -0.2) is 30.7 Å². The molecule has 0 saturated carbocycles. The van der Waals surface area contributed by atoms with E-state index < -0.39 is 12.2 Å². The van der Waals surface area contributed by atoms with Crippen molar-refractivity contribution in [1.29, 1.82) is 0 Å². The van der Waals surface area contributed by atoms with Gasteiger partial charge in [-0.2, -0.15) is 0 Å². The molecule has 12 heavy (non-hydrogen) atoms. The zero-order valence-electron chi connectivity index (χ0n) is 6.45. The van der Waals surface area contributed by atoms with Crippen molar-refractivity contribution in [2.75, 3.05) is 6.54 Å². The zero-order chi connectivity index (χ0) is 9.14. The SMILES string of the molecule is NC(=O)O[C@@H]1CC(=O)NC[C@@H]1N. The lowest BCUT2D eigenvalue weighted by molar-refractivity contribution is -0.125. The van der Waals surface area contributed by atoms with Crippen molar-refractivity contribution >= 4 is 12.0 Å². The Hall–Kier alpha value is -1.30. The highest BCUT2D eigenvalue weighted by Crippen LogP contribution is 2.06. The van der Waals surface area contributed by atoms with Gasteiger partial charge in [0.05, 0.1) is 12.5 Å². The number of ether oxygens (including phenoxy) is 1. The van der Waals surface area contributed by atoms with E-state index in [9.17, 15) is 9.59 Å². The molecule has 1 heterocycles. The van der Waals surface area contributed by atoms with Crippen LogP contribution in [0, 0.1) is 0 Å². The van der Waals surface area contributed by atoms with Crippen LogP contribution in [0.2, 0.25) is 0 Å². The predicted octanol–water partition coefficient (Wildman–Crippen LogP) is -1.70. The quantitative estimate of drug-likeness (QED) is 0.439. The Morgan fingerprint density at radius 2 is 2.33 bits per heavy atom. The normalized spacial score (nSPS) is 29.2. The molecule has 6 nitrogen and oxygen atoms in total. The van der Waals surface area contributed by atoms with Crippen molar-refractivity contribution in [3.63, 3.8) is 0 Å². The van der Waals surface area contributed by atoms with Crippen LogP contribution in [0.3, 0.4) is 0 Å². The molecule has 68 valence electrons. The largest absolute Gasteiger partial charge is 0.444 e. The molecule has 1 aliphatic rings. The molecule has 2 amide bonds. The lowest BCUT2D eigenvalue weighted by Crippen LogP contribution is -2.53. The highest BCUT2D eigenvalue weighted by molar-refractivity contribution is 5.78. The van der Waals surface area contributed by atoms with Gasteiger partial charge in [0.1, 0.15) is 6.10 Å². The van der Waals surface area contributed by atoms with Gasteiger partial charge in [0.15, 0.2) is 0 Å². The molecule has 5 N–H and O–H groups in total. The first-order valence-electron chi connectivity index (χ1n) is 3.58. The number of amides is 2. The fourth-order valence-corrected chi connectivity index (χ4v) is 1.05. The van der Waals surface area contributed by atoms with Crippen molar-refractivity contribution in [2.24, 2.45) is 11.5 Å². The maximum absolute atomic E-state index is 10.8.